The lowest BCUT2D eigenvalue weighted by molar-refractivity contribution is -0.119. The highest BCUT2D eigenvalue weighted by Crippen LogP contribution is 2.47. The fourth-order valence-corrected chi connectivity index (χ4v) is 5.57. The molecule has 0 unspecified atom stereocenters. The Kier molecular flexibility index (Phi) is 7.40. The molecule has 1 aliphatic heterocycles. The maximum Gasteiger partial charge on any atom is 0.227 e. The molecule has 1 aliphatic carbocycles. The zero-order chi connectivity index (χ0) is 25.8. The second-order valence-corrected chi connectivity index (χ2v) is 9.87. The summed E-state index contributed by atoms with van der Waals surface area (Å²) in [7, 11) is 1.65. The molecule has 0 bridgehead atoms. The van der Waals surface area contributed by atoms with Gasteiger partial charge in [0.05, 0.1) is 24.5 Å². The molecule has 0 radical (unpaired) electrons. The number of amides is 1. The van der Waals surface area contributed by atoms with Gasteiger partial charge in [-0.15, -0.1) is 0 Å². The first kappa shape index (κ1) is 24.8. The molecule has 2 aliphatic rings. The molecule has 0 spiro atoms. The number of benzene rings is 3. The van der Waals surface area contributed by atoms with E-state index >= 15 is 0 Å². The fourth-order valence-electron chi connectivity index (χ4n) is 5.57. The molecule has 0 saturated carbocycles. The Morgan fingerprint density at radius 3 is 2.38 bits per heavy atom. The van der Waals surface area contributed by atoms with Crippen molar-refractivity contribution in [2.24, 2.45) is 0 Å². The number of hydrogen-bond acceptors (Lipinski definition) is 4. The maximum absolute atomic E-state index is 14.0. The van der Waals surface area contributed by atoms with E-state index in [4.69, 9.17) is 4.74 Å². The number of carbonyl (C=O) groups excluding carboxylic acids is 2. The lowest BCUT2D eigenvalue weighted by Crippen LogP contribution is -2.38. The Hall–Kier alpha value is -3.86. The van der Waals surface area contributed by atoms with Gasteiger partial charge in [-0.25, -0.2) is 0 Å². The van der Waals surface area contributed by atoms with Crippen LogP contribution in [0.1, 0.15) is 68.5 Å². The topological polar surface area (TPSA) is 58.6 Å². The van der Waals surface area contributed by atoms with Crippen LogP contribution in [0.3, 0.4) is 0 Å². The summed E-state index contributed by atoms with van der Waals surface area (Å²) in [6.45, 7) is 2.14. The van der Waals surface area contributed by atoms with Gasteiger partial charge in [-0.2, -0.15) is 0 Å². The highest BCUT2D eigenvalue weighted by Gasteiger charge is 2.41. The van der Waals surface area contributed by atoms with E-state index in [1.807, 2.05) is 83.8 Å². The summed E-state index contributed by atoms with van der Waals surface area (Å²) >= 11 is 0. The molecule has 5 nitrogen and oxygen atoms in total. The molecule has 0 aromatic heterocycles. The summed E-state index contributed by atoms with van der Waals surface area (Å²) in [4.78, 5) is 29.7. The molecule has 37 heavy (non-hydrogen) atoms. The number of unbranched alkanes of at least 4 members (excludes halogenated alkanes) is 2. The van der Waals surface area contributed by atoms with E-state index in [-0.39, 0.29) is 17.6 Å². The number of carbonyl (C=O) groups is 2. The number of Topliss-reactive ketones (excluding diaryl/α,β-unsaturated/α-hetero) is 1. The van der Waals surface area contributed by atoms with Crippen LogP contribution in [-0.2, 0) is 9.59 Å². The maximum atomic E-state index is 14.0. The van der Waals surface area contributed by atoms with Gasteiger partial charge in [-0.05, 0) is 54.2 Å². The van der Waals surface area contributed by atoms with Gasteiger partial charge in [-0.1, -0.05) is 74.4 Å². The van der Waals surface area contributed by atoms with Crippen LogP contribution in [0.5, 0.6) is 5.75 Å². The van der Waals surface area contributed by atoms with Crippen molar-refractivity contribution in [2.75, 3.05) is 17.3 Å². The number of hydrogen-bond donors (Lipinski definition) is 1. The third kappa shape index (κ3) is 5.04. The van der Waals surface area contributed by atoms with E-state index < -0.39 is 6.04 Å². The molecule has 190 valence electrons. The molecular weight excluding hydrogens is 460 g/mol. The Labute approximate surface area is 219 Å². The Bertz CT molecular complexity index is 1300. The van der Waals surface area contributed by atoms with Crippen molar-refractivity contribution in [1.82, 2.24) is 0 Å². The van der Waals surface area contributed by atoms with Gasteiger partial charge in [0.25, 0.3) is 0 Å². The Morgan fingerprint density at radius 2 is 1.65 bits per heavy atom. The van der Waals surface area contributed by atoms with Crippen molar-refractivity contribution in [3.05, 3.63) is 101 Å². The van der Waals surface area contributed by atoms with Crippen molar-refractivity contribution in [3.63, 3.8) is 0 Å². The molecular formula is C32H34N2O3. The summed E-state index contributed by atoms with van der Waals surface area (Å²) in [5.41, 5.74) is 5.36. The Morgan fingerprint density at radius 1 is 0.919 bits per heavy atom. The molecule has 5 rings (SSSR count). The van der Waals surface area contributed by atoms with Crippen LogP contribution < -0.4 is 15.0 Å². The minimum Gasteiger partial charge on any atom is -0.497 e. The minimum atomic E-state index is -0.467. The van der Waals surface area contributed by atoms with E-state index in [1.165, 1.54) is 0 Å². The predicted octanol–water partition coefficient (Wildman–Crippen LogP) is 7.18. The van der Waals surface area contributed by atoms with Crippen molar-refractivity contribution < 1.29 is 14.3 Å². The van der Waals surface area contributed by atoms with Crippen LogP contribution in [0.25, 0.3) is 0 Å². The predicted molar refractivity (Wildman–Crippen MR) is 148 cm³/mol. The van der Waals surface area contributed by atoms with Crippen LogP contribution in [0.4, 0.5) is 11.4 Å². The quantitative estimate of drug-likeness (QED) is 0.354. The van der Waals surface area contributed by atoms with Crippen molar-refractivity contribution in [3.8, 4) is 5.75 Å². The van der Waals surface area contributed by atoms with Crippen LogP contribution >= 0.6 is 0 Å². The Balaban J connectivity index is 1.62. The molecule has 0 fully saturated rings. The van der Waals surface area contributed by atoms with Crippen LogP contribution in [0.2, 0.25) is 0 Å². The summed E-state index contributed by atoms with van der Waals surface area (Å²) in [5, 5.41) is 3.61. The van der Waals surface area contributed by atoms with Gasteiger partial charge in [0.1, 0.15) is 5.75 Å². The molecule has 5 heteroatoms. The summed E-state index contributed by atoms with van der Waals surface area (Å²) in [6, 6.07) is 25.4. The van der Waals surface area contributed by atoms with Gasteiger partial charge in [-0.3, -0.25) is 14.5 Å². The lowest BCUT2D eigenvalue weighted by atomic mass is 9.78. The highest BCUT2D eigenvalue weighted by molar-refractivity contribution is 6.06. The summed E-state index contributed by atoms with van der Waals surface area (Å²) < 4.78 is 5.33. The SMILES string of the molecule is CCCCCC(=O)N1c2ccccc2NC2=C(C(=O)C[C@H](c3ccc(OC)cc3)C2)[C@@H]1c1ccccc1. The van der Waals surface area contributed by atoms with Crippen LogP contribution in [-0.4, -0.2) is 18.8 Å². The number of methoxy groups -OCH3 is 1. The monoisotopic (exact) mass is 494 g/mol. The zero-order valence-electron chi connectivity index (χ0n) is 21.6. The smallest absolute Gasteiger partial charge is 0.227 e. The molecule has 1 N–H and O–H groups in total. The average Bonchev–Trinajstić information content (AvgIpc) is 3.08. The largest absolute Gasteiger partial charge is 0.497 e. The van der Waals surface area contributed by atoms with E-state index in [0.717, 1.165) is 53.2 Å². The third-order valence-corrected chi connectivity index (χ3v) is 7.45. The normalized spacial score (nSPS) is 19.0. The number of allylic oxidation sites excluding steroid dienone is 1. The average molecular weight is 495 g/mol. The van der Waals surface area contributed by atoms with Gasteiger partial charge in [0, 0.05) is 24.1 Å². The number of nitrogens with one attached hydrogen (secondary N) is 1. The van der Waals surface area contributed by atoms with Gasteiger partial charge >= 0.3 is 0 Å². The number of ether oxygens (including phenoxy) is 1. The number of anilines is 2. The van der Waals surface area contributed by atoms with Crippen LogP contribution in [0.15, 0.2) is 90.1 Å². The van der Waals surface area contributed by atoms with E-state index in [0.29, 0.717) is 24.8 Å². The van der Waals surface area contributed by atoms with Crippen molar-refractivity contribution in [2.45, 2.75) is 57.4 Å². The molecule has 3 aromatic carbocycles. The van der Waals surface area contributed by atoms with E-state index in [9.17, 15) is 9.59 Å². The molecule has 0 saturated heterocycles. The minimum absolute atomic E-state index is 0.0513. The van der Waals surface area contributed by atoms with E-state index in [2.05, 4.69) is 12.2 Å². The lowest BCUT2D eigenvalue weighted by Gasteiger charge is -2.35. The molecule has 3 aromatic rings. The first-order chi connectivity index (χ1) is 18.1. The second-order valence-electron chi connectivity index (χ2n) is 9.87. The first-order valence-electron chi connectivity index (χ1n) is 13.2. The van der Waals surface area contributed by atoms with Gasteiger partial charge in [0.2, 0.25) is 5.91 Å². The van der Waals surface area contributed by atoms with Gasteiger partial charge < -0.3 is 10.1 Å². The zero-order valence-corrected chi connectivity index (χ0v) is 21.6. The standard InChI is InChI=1S/C32H34N2O3/c1-3-4-6-15-30(36)34-28-14-10-9-13-26(28)33-27-20-24(22-16-18-25(37-2)19-17-22)21-29(35)31(27)32(34)23-11-7-5-8-12-23/h5,7-14,16-19,24,32-33H,3-4,6,15,20-21H2,1-2H3/t24-,32+/m1/s1. The highest BCUT2D eigenvalue weighted by atomic mass is 16.5. The van der Waals surface area contributed by atoms with E-state index in [1.54, 1.807) is 7.11 Å². The fraction of sp³-hybridized carbons (Fsp3) is 0.312. The third-order valence-electron chi connectivity index (χ3n) is 7.45. The summed E-state index contributed by atoms with van der Waals surface area (Å²) in [5.74, 6) is 0.992. The second kappa shape index (κ2) is 11.0. The molecule has 2 atom stereocenters. The van der Waals surface area contributed by atoms with Gasteiger partial charge in [0.15, 0.2) is 5.78 Å². The first-order valence-corrected chi connectivity index (χ1v) is 13.2. The number of para-hydroxylation sites is 2. The molecule has 1 heterocycles. The number of ketones is 1. The number of rotatable bonds is 7. The molecule has 1 amide bonds. The van der Waals surface area contributed by atoms with Crippen molar-refractivity contribution >= 4 is 23.1 Å². The number of nitrogens with zero attached hydrogens (tertiary/aromatic N) is 1. The summed E-state index contributed by atoms with van der Waals surface area (Å²) in [6.07, 6.45) is 4.45. The number of fused-ring (bicyclic) bond motifs is 1. The van der Waals surface area contributed by atoms with Crippen LogP contribution in [0, 0.1) is 0 Å². The van der Waals surface area contributed by atoms with Crippen molar-refractivity contribution in [1.29, 1.82) is 0 Å².